The second kappa shape index (κ2) is 7.81. The highest BCUT2D eigenvalue weighted by atomic mass is 16.6. The van der Waals surface area contributed by atoms with Crippen LogP contribution in [0, 0.1) is 0 Å². The first-order valence-corrected chi connectivity index (χ1v) is 4.73. The number of imide groups is 1. The number of carbonyl (C=O) groups excluding carboxylic acids is 2. The number of hydrogen-bond donors (Lipinski definition) is 2. The molecule has 0 heterocycles. The number of nitrogens with one attached hydrogen (secondary N) is 1. The summed E-state index contributed by atoms with van der Waals surface area (Å²) in [5, 5.41) is 2.41. The van der Waals surface area contributed by atoms with Gasteiger partial charge < -0.3 is 15.8 Å². The first-order valence-electron chi connectivity index (χ1n) is 4.73. The Hall–Kier alpha value is -1.56. The van der Waals surface area contributed by atoms with Gasteiger partial charge in [-0.3, -0.25) is 0 Å². The van der Waals surface area contributed by atoms with Gasteiger partial charge in [0.2, 0.25) is 0 Å². The molecular weight excluding hydrogens is 198 g/mol. The van der Waals surface area contributed by atoms with Crippen LogP contribution in [0.2, 0.25) is 0 Å². The molecule has 0 unspecified atom stereocenters. The summed E-state index contributed by atoms with van der Waals surface area (Å²) in [5.41, 5.74) is 5.28. The van der Waals surface area contributed by atoms with Crippen LogP contribution in [0.1, 0.15) is 13.8 Å². The van der Waals surface area contributed by atoms with Gasteiger partial charge in [0, 0.05) is 19.3 Å². The van der Waals surface area contributed by atoms with Crippen LogP contribution < -0.4 is 11.1 Å². The molecule has 3 N–H and O–H groups in total. The lowest BCUT2D eigenvalue weighted by atomic mass is 10.5. The van der Waals surface area contributed by atoms with E-state index in [1.807, 2.05) is 0 Å². The molecule has 15 heavy (non-hydrogen) atoms. The van der Waals surface area contributed by atoms with Crippen LogP contribution in [-0.4, -0.2) is 36.7 Å². The van der Waals surface area contributed by atoms with Gasteiger partial charge in [0.15, 0.2) is 0 Å². The largest absolute Gasteiger partial charge is 0.449 e. The van der Waals surface area contributed by atoms with Gasteiger partial charge in [-0.1, -0.05) is 6.08 Å². The number of urea groups is 1. The fourth-order valence-corrected chi connectivity index (χ4v) is 0.839. The average Bonchev–Trinajstić information content (AvgIpc) is 2.22. The molecule has 0 aromatic heterocycles. The Bertz CT molecular complexity index is 241. The topological polar surface area (TPSA) is 84.7 Å². The first-order chi connectivity index (χ1) is 7.17. The Morgan fingerprint density at radius 2 is 2.20 bits per heavy atom. The van der Waals surface area contributed by atoms with Crippen molar-refractivity contribution in [2.75, 3.05) is 19.7 Å². The van der Waals surface area contributed by atoms with E-state index in [-0.39, 0.29) is 19.7 Å². The predicted molar refractivity (Wildman–Crippen MR) is 56.1 cm³/mol. The summed E-state index contributed by atoms with van der Waals surface area (Å²) in [5.74, 6) is 0. The number of hydrogen-bond acceptors (Lipinski definition) is 4. The highest BCUT2D eigenvalue weighted by Gasteiger charge is 2.20. The third-order valence-electron chi connectivity index (χ3n) is 1.46. The smallest absolute Gasteiger partial charge is 0.418 e. The van der Waals surface area contributed by atoms with Crippen LogP contribution >= 0.6 is 0 Å². The van der Waals surface area contributed by atoms with Crippen LogP contribution in [0.25, 0.3) is 0 Å². The summed E-state index contributed by atoms with van der Waals surface area (Å²) in [6.07, 6.45) is 2.39. The van der Waals surface area contributed by atoms with Crippen LogP contribution in [0.5, 0.6) is 0 Å². The van der Waals surface area contributed by atoms with Crippen molar-refractivity contribution >= 4 is 12.1 Å². The van der Waals surface area contributed by atoms with Crippen molar-refractivity contribution in [1.29, 1.82) is 0 Å². The predicted octanol–water partition coefficient (Wildman–Crippen LogP) is 0.647. The van der Waals surface area contributed by atoms with E-state index >= 15 is 0 Å². The van der Waals surface area contributed by atoms with Gasteiger partial charge in [-0.15, -0.1) is 0 Å². The minimum Gasteiger partial charge on any atom is -0.449 e. The molecule has 0 aromatic carbocycles. The van der Waals surface area contributed by atoms with Gasteiger partial charge in [-0.2, -0.15) is 0 Å². The third kappa shape index (κ3) is 5.02. The highest BCUT2D eigenvalue weighted by Crippen LogP contribution is 1.94. The molecule has 0 radical (unpaired) electrons. The second-order valence-electron chi connectivity index (χ2n) is 2.59. The van der Waals surface area contributed by atoms with E-state index in [0.29, 0.717) is 0 Å². The fourth-order valence-electron chi connectivity index (χ4n) is 0.839. The van der Waals surface area contributed by atoms with Crippen molar-refractivity contribution in [1.82, 2.24) is 10.2 Å². The number of ether oxygens (including phenoxy) is 1. The molecule has 0 atom stereocenters. The number of nitrogens with zero attached hydrogens (tertiary/aromatic N) is 1. The zero-order chi connectivity index (χ0) is 11.7. The van der Waals surface area contributed by atoms with Crippen molar-refractivity contribution in [2.24, 2.45) is 5.73 Å². The Labute approximate surface area is 89.1 Å². The Morgan fingerprint density at radius 1 is 1.53 bits per heavy atom. The molecule has 86 valence electrons. The normalized spacial score (nSPS) is 10.1. The summed E-state index contributed by atoms with van der Waals surface area (Å²) in [6.45, 7) is 3.96. The van der Waals surface area contributed by atoms with Gasteiger partial charge in [-0.05, 0) is 13.8 Å². The number of carbonyl (C=O) groups is 2. The molecule has 0 aliphatic carbocycles. The van der Waals surface area contributed by atoms with Crippen LogP contribution in [-0.2, 0) is 4.74 Å². The van der Waals surface area contributed by atoms with E-state index in [9.17, 15) is 9.59 Å². The zero-order valence-electron chi connectivity index (χ0n) is 9.03. The maximum absolute atomic E-state index is 11.4. The molecule has 0 aliphatic rings. The molecule has 0 spiro atoms. The molecule has 6 heteroatoms. The lowest BCUT2D eigenvalue weighted by Crippen LogP contribution is -2.44. The van der Waals surface area contributed by atoms with E-state index in [1.165, 1.54) is 6.20 Å². The SMILES string of the molecule is C/C=C/NC(=O)N(CCN)C(=O)OCC. The van der Waals surface area contributed by atoms with Crippen molar-refractivity contribution < 1.29 is 14.3 Å². The minimum atomic E-state index is -0.690. The number of rotatable bonds is 4. The highest BCUT2D eigenvalue weighted by molar-refractivity contribution is 5.91. The van der Waals surface area contributed by atoms with Gasteiger partial charge in [0.05, 0.1) is 6.61 Å². The zero-order valence-corrected chi connectivity index (χ0v) is 9.03. The molecule has 0 bridgehead atoms. The lowest BCUT2D eigenvalue weighted by Gasteiger charge is -2.18. The summed E-state index contributed by atoms with van der Waals surface area (Å²) in [4.78, 5) is 23.6. The van der Waals surface area contributed by atoms with Crippen molar-refractivity contribution in [3.63, 3.8) is 0 Å². The second-order valence-corrected chi connectivity index (χ2v) is 2.59. The summed E-state index contributed by atoms with van der Waals surface area (Å²) in [7, 11) is 0. The maximum atomic E-state index is 11.4. The molecule has 0 aromatic rings. The molecule has 0 rings (SSSR count). The average molecular weight is 215 g/mol. The van der Waals surface area contributed by atoms with Gasteiger partial charge in [-0.25, -0.2) is 14.5 Å². The van der Waals surface area contributed by atoms with Crippen LogP contribution in [0.15, 0.2) is 12.3 Å². The minimum absolute atomic E-state index is 0.127. The van der Waals surface area contributed by atoms with E-state index < -0.39 is 12.1 Å². The summed E-state index contributed by atoms with van der Waals surface area (Å²) < 4.78 is 4.70. The van der Waals surface area contributed by atoms with E-state index in [4.69, 9.17) is 10.5 Å². The third-order valence-corrected chi connectivity index (χ3v) is 1.46. The van der Waals surface area contributed by atoms with E-state index in [0.717, 1.165) is 4.90 Å². The summed E-state index contributed by atoms with van der Waals surface area (Å²) in [6, 6.07) is -0.544. The number of amides is 3. The van der Waals surface area contributed by atoms with Gasteiger partial charge in [0.1, 0.15) is 0 Å². The molecule has 3 amide bonds. The monoisotopic (exact) mass is 215 g/mol. The quantitative estimate of drug-likeness (QED) is 0.721. The molecule has 0 saturated carbocycles. The number of allylic oxidation sites excluding steroid dienone is 1. The van der Waals surface area contributed by atoms with E-state index in [1.54, 1.807) is 19.9 Å². The van der Waals surface area contributed by atoms with Crippen molar-refractivity contribution in [2.45, 2.75) is 13.8 Å². The van der Waals surface area contributed by atoms with Crippen LogP contribution in [0.3, 0.4) is 0 Å². The standard InChI is InChI=1S/C9H17N3O3/c1-3-6-11-8(13)12(7-5-10)9(14)15-4-2/h3,6H,4-5,7,10H2,1-2H3,(H,11,13)/b6-3+. The summed E-state index contributed by atoms with van der Waals surface area (Å²) >= 11 is 0. The fraction of sp³-hybridized carbons (Fsp3) is 0.556. The number of nitrogens with two attached hydrogens (primary N) is 1. The maximum Gasteiger partial charge on any atom is 0.418 e. The van der Waals surface area contributed by atoms with E-state index in [2.05, 4.69) is 5.32 Å². The molecule has 0 aliphatic heterocycles. The molecule has 6 nitrogen and oxygen atoms in total. The molecule has 0 fully saturated rings. The van der Waals surface area contributed by atoms with Crippen molar-refractivity contribution in [3.05, 3.63) is 12.3 Å². The Kier molecular flexibility index (Phi) is 7.00. The first kappa shape index (κ1) is 13.4. The van der Waals surface area contributed by atoms with Gasteiger partial charge in [0.25, 0.3) is 0 Å². The Balaban J connectivity index is 4.35. The van der Waals surface area contributed by atoms with Gasteiger partial charge >= 0.3 is 12.1 Å². The van der Waals surface area contributed by atoms with Crippen LogP contribution in [0.4, 0.5) is 9.59 Å². The lowest BCUT2D eigenvalue weighted by molar-refractivity contribution is 0.116. The molecular formula is C9H17N3O3. The van der Waals surface area contributed by atoms with Crippen molar-refractivity contribution in [3.8, 4) is 0 Å². The Morgan fingerprint density at radius 3 is 2.67 bits per heavy atom. The molecule has 0 saturated heterocycles.